The maximum absolute atomic E-state index is 13.5. The molecule has 170 valence electrons. The van der Waals surface area contributed by atoms with E-state index in [9.17, 15) is 14.7 Å². The van der Waals surface area contributed by atoms with E-state index >= 15 is 0 Å². The number of Topliss-reactive ketones (excluding diaryl/α,β-unsaturated/α-hetero) is 1. The Labute approximate surface area is 192 Å². The molecule has 1 N–H and O–H groups in total. The molecule has 8 heteroatoms. The number of rotatable bonds is 8. The second kappa shape index (κ2) is 9.42. The molecule has 1 saturated heterocycles. The van der Waals surface area contributed by atoms with Crippen LogP contribution in [0.2, 0.25) is 0 Å². The monoisotopic (exact) mass is 455 g/mol. The van der Waals surface area contributed by atoms with Gasteiger partial charge in [0.1, 0.15) is 5.75 Å². The van der Waals surface area contributed by atoms with Gasteiger partial charge in [0.2, 0.25) is 5.78 Å². The highest BCUT2D eigenvalue weighted by molar-refractivity contribution is 7.14. The smallest absolute Gasteiger partial charge is 0.290 e. The summed E-state index contributed by atoms with van der Waals surface area (Å²) in [5, 5.41) is 11.6. The lowest BCUT2D eigenvalue weighted by molar-refractivity contribution is -0.129. The van der Waals surface area contributed by atoms with Crippen LogP contribution >= 0.6 is 11.3 Å². The molecule has 2 aliphatic heterocycles. The molecule has 2 aromatic rings. The number of benzene rings is 1. The Kier molecular flexibility index (Phi) is 6.62. The molecule has 2 aliphatic rings. The van der Waals surface area contributed by atoms with Gasteiger partial charge in [-0.15, -0.1) is 11.3 Å². The zero-order chi connectivity index (χ0) is 22.8. The van der Waals surface area contributed by atoms with Crippen molar-refractivity contribution >= 4 is 23.0 Å². The van der Waals surface area contributed by atoms with Gasteiger partial charge in [-0.2, -0.15) is 0 Å². The SMILES string of the molecule is CCOc1ccc(C2C(C(=O)c3sc(C)nc3C)=C(O)C(=O)N2CCN2CCCC2)cc1. The van der Waals surface area contributed by atoms with Crippen LogP contribution in [0.15, 0.2) is 35.6 Å². The second-order valence-electron chi connectivity index (χ2n) is 8.19. The van der Waals surface area contributed by atoms with E-state index in [1.54, 1.807) is 11.8 Å². The minimum absolute atomic E-state index is 0.132. The number of nitrogens with zero attached hydrogens (tertiary/aromatic N) is 3. The van der Waals surface area contributed by atoms with Crippen molar-refractivity contribution in [3.8, 4) is 5.75 Å². The summed E-state index contributed by atoms with van der Waals surface area (Å²) in [4.78, 5) is 35.4. The molecule has 1 atom stereocenters. The number of aliphatic hydroxyl groups is 1. The Hall–Kier alpha value is -2.71. The van der Waals surface area contributed by atoms with Crippen LogP contribution in [0.5, 0.6) is 5.75 Å². The molecule has 1 unspecified atom stereocenters. The van der Waals surface area contributed by atoms with Gasteiger partial charge < -0.3 is 19.6 Å². The average Bonchev–Trinajstić information content (AvgIpc) is 3.47. The molecule has 0 aliphatic carbocycles. The number of amides is 1. The van der Waals surface area contributed by atoms with Gasteiger partial charge in [-0.3, -0.25) is 9.59 Å². The molecule has 0 bridgehead atoms. The Balaban J connectivity index is 1.70. The summed E-state index contributed by atoms with van der Waals surface area (Å²) in [6.45, 7) is 9.28. The molecule has 3 heterocycles. The van der Waals surface area contributed by atoms with Crippen LogP contribution in [-0.4, -0.2) is 64.4 Å². The van der Waals surface area contributed by atoms with E-state index in [1.807, 2.05) is 38.1 Å². The van der Waals surface area contributed by atoms with Crippen molar-refractivity contribution in [2.75, 3.05) is 32.8 Å². The number of ether oxygens (including phenoxy) is 1. The van der Waals surface area contributed by atoms with Crippen LogP contribution in [0, 0.1) is 13.8 Å². The zero-order valence-corrected chi connectivity index (χ0v) is 19.6. The quantitative estimate of drug-likeness (QED) is 0.609. The largest absolute Gasteiger partial charge is 0.503 e. The van der Waals surface area contributed by atoms with E-state index < -0.39 is 17.7 Å². The number of hydrogen-bond donors (Lipinski definition) is 1. The van der Waals surface area contributed by atoms with E-state index in [-0.39, 0.29) is 11.4 Å². The third kappa shape index (κ3) is 4.29. The summed E-state index contributed by atoms with van der Waals surface area (Å²) >= 11 is 1.29. The first-order valence-electron chi connectivity index (χ1n) is 11.1. The number of aromatic nitrogens is 1. The van der Waals surface area contributed by atoms with Crippen molar-refractivity contribution < 1.29 is 19.4 Å². The van der Waals surface area contributed by atoms with Crippen LogP contribution < -0.4 is 4.74 Å². The average molecular weight is 456 g/mol. The molecule has 0 radical (unpaired) electrons. The van der Waals surface area contributed by atoms with Crippen molar-refractivity contribution in [1.29, 1.82) is 0 Å². The van der Waals surface area contributed by atoms with Gasteiger partial charge in [0.25, 0.3) is 5.91 Å². The summed E-state index contributed by atoms with van der Waals surface area (Å²) in [6, 6.07) is 6.75. The lowest BCUT2D eigenvalue weighted by Gasteiger charge is -2.28. The van der Waals surface area contributed by atoms with Gasteiger partial charge in [-0.05, 0) is 64.4 Å². The highest BCUT2D eigenvalue weighted by Gasteiger charge is 2.44. The second-order valence-corrected chi connectivity index (χ2v) is 9.39. The maximum Gasteiger partial charge on any atom is 0.290 e. The Morgan fingerprint density at radius 1 is 1.19 bits per heavy atom. The molecule has 1 aromatic heterocycles. The number of carbonyl (C=O) groups excluding carboxylic acids is 2. The number of carbonyl (C=O) groups is 2. The van der Waals surface area contributed by atoms with Gasteiger partial charge in [0.05, 0.1) is 33.8 Å². The van der Waals surface area contributed by atoms with Gasteiger partial charge >= 0.3 is 0 Å². The maximum atomic E-state index is 13.5. The van der Waals surface area contributed by atoms with E-state index in [0.29, 0.717) is 30.3 Å². The Bertz CT molecular complexity index is 1040. The fraction of sp³-hybridized carbons (Fsp3) is 0.458. The van der Waals surface area contributed by atoms with Crippen molar-refractivity contribution in [1.82, 2.24) is 14.8 Å². The van der Waals surface area contributed by atoms with E-state index in [0.717, 1.165) is 42.3 Å². The Morgan fingerprint density at radius 3 is 2.47 bits per heavy atom. The van der Waals surface area contributed by atoms with Crippen LogP contribution in [-0.2, 0) is 4.79 Å². The van der Waals surface area contributed by atoms with E-state index in [4.69, 9.17) is 4.74 Å². The van der Waals surface area contributed by atoms with Crippen LogP contribution in [0.4, 0.5) is 0 Å². The fourth-order valence-corrected chi connectivity index (χ4v) is 5.37. The molecule has 1 fully saturated rings. The molecule has 0 spiro atoms. The first kappa shape index (κ1) is 22.5. The third-order valence-corrected chi connectivity index (χ3v) is 7.09. The van der Waals surface area contributed by atoms with Gasteiger partial charge in [-0.25, -0.2) is 4.98 Å². The third-order valence-electron chi connectivity index (χ3n) is 6.02. The standard InChI is InChI=1S/C24H29N3O4S/c1-4-31-18-9-7-17(8-10-18)20-19(21(28)23-15(2)25-16(3)32-23)22(29)24(30)27(20)14-13-26-11-5-6-12-26/h7-10,20,29H,4-6,11-14H2,1-3H3. The number of likely N-dealkylation sites (tertiary alicyclic amines) is 1. The Morgan fingerprint density at radius 2 is 1.88 bits per heavy atom. The van der Waals surface area contributed by atoms with Crippen LogP contribution in [0.1, 0.15) is 51.7 Å². The first-order valence-corrected chi connectivity index (χ1v) is 11.9. The van der Waals surface area contributed by atoms with E-state index in [1.165, 1.54) is 11.3 Å². The molecule has 32 heavy (non-hydrogen) atoms. The highest BCUT2D eigenvalue weighted by Crippen LogP contribution is 2.40. The normalized spacial score (nSPS) is 19.3. The van der Waals surface area contributed by atoms with Gasteiger partial charge in [-0.1, -0.05) is 12.1 Å². The summed E-state index contributed by atoms with van der Waals surface area (Å²) in [7, 11) is 0. The van der Waals surface area contributed by atoms with E-state index in [2.05, 4.69) is 9.88 Å². The van der Waals surface area contributed by atoms with Gasteiger partial charge in [0.15, 0.2) is 5.76 Å². The first-order chi connectivity index (χ1) is 15.4. The fourth-order valence-electron chi connectivity index (χ4n) is 4.50. The van der Waals surface area contributed by atoms with Crippen molar-refractivity contribution in [2.45, 2.75) is 39.7 Å². The number of aliphatic hydroxyl groups excluding tert-OH is 1. The summed E-state index contributed by atoms with van der Waals surface area (Å²) in [5.74, 6) is -0.563. The zero-order valence-electron chi connectivity index (χ0n) is 18.8. The number of hydrogen-bond acceptors (Lipinski definition) is 7. The van der Waals surface area contributed by atoms with Crippen molar-refractivity contribution in [3.63, 3.8) is 0 Å². The van der Waals surface area contributed by atoms with Gasteiger partial charge in [0, 0.05) is 13.1 Å². The molecule has 0 saturated carbocycles. The predicted molar refractivity (Wildman–Crippen MR) is 123 cm³/mol. The molecule has 7 nitrogen and oxygen atoms in total. The molecule has 1 aromatic carbocycles. The lowest BCUT2D eigenvalue weighted by atomic mass is 9.95. The summed E-state index contributed by atoms with van der Waals surface area (Å²) in [6.07, 6.45) is 2.32. The summed E-state index contributed by atoms with van der Waals surface area (Å²) in [5.41, 5.74) is 1.52. The van der Waals surface area contributed by atoms with Crippen molar-refractivity contribution in [2.24, 2.45) is 0 Å². The van der Waals surface area contributed by atoms with Crippen LogP contribution in [0.25, 0.3) is 0 Å². The molecule has 4 rings (SSSR count). The minimum Gasteiger partial charge on any atom is -0.503 e. The topological polar surface area (TPSA) is 83.0 Å². The minimum atomic E-state index is -0.643. The van der Waals surface area contributed by atoms with Crippen molar-refractivity contribution in [3.05, 3.63) is 56.7 Å². The highest BCUT2D eigenvalue weighted by atomic mass is 32.1. The molecular formula is C24H29N3O4S. The van der Waals surface area contributed by atoms with Crippen LogP contribution in [0.3, 0.4) is 0 Å². The number of thiazole rings is 1. The predicted octanol–water partition coefficient (Wildman–Crippen LogP) is 3.83. The number of ketones is 1. The lowest BCUT2D eigenvalue weighted by Crippen LogP contribution is -2.37. The number of aryl methyl sites for hydroxylation is 2. The molecule has 1 amide bonds. The summed E-state index contributed by atoms with van der Waals surface area (Å²) < 4.78 is 5.55. The molecular weight excluding hydrogens is 426 g/mol.